The minimum atomic E-state index is -0.904. The molecule has 0 saturated carbocycles. The van der Waals surface area contributed by atoms with E-state index in [2.05, 4.69) is 18.7 Å². The van der Waals surface area contributed by atoms with Gasteiger partial charge in [0.2, 0.25) is 0 Å². The molecule has 0 spiro atoms. The van der Waals surface area contributed by atoms with Crippen LogP contribution in [0, 0.1) is 17.6 Å². The van der Waals surface area contributed by atoms with Gasteiger partial charge in [0, 0.05) is 18.0 Å². The largest absolute Gasteiger partial charge is 0.478 e. The Balaban J connectivity index is 2.00. The highest BCUT2D eigenvalue weighted by atomic mass is 32.2. The van der Waals surface area contributed by atoms with E-state index in [0.29, 0.717) is 17.9 Å². The fourth-order valence-electron chi connectivity index (χ4n) is 2.88. The van der Waals surface area contributed by atoms with Crippen molar-refractivity contribution in [3.63, 3.8) is 0 Å². The number of allylic oxidation sites excluding steroid dienone is 2. The van der Waals surface area contributed by atoms with Crippen molar-refractivity contribution in [3.8, 4) is 0 Å². The summed E-state index contributed by atoms with van der Waals surface area (Å²) in [5.41, 5.74) is 1.13. The van der Waals surface area contributed by atoms with Crippen LogP contribution in [0.2, 0.25) is 0 Å². The van der Waals surface area contributed by atoms with Gasteiger partial charge in [-0.3, -0.25) is 0 Å². The second-order valence-corrected chi connectivity index (χ2v) is 8.80. The van der Waals surface area contributed by atoms with Crippen molar-refractivity contribution in [2.24, 2.45) is 5.92 Å². The smallest absolute Gasteiger partial charge is 0.334 e. The number of hydrogen-bond donors (Lipinski definition) is 1. The third-order valence-corrected chi connectivity index (χ3v) is 6.00. The number of aryl methyl sites for hydroxylation is 1. The normalized spacial score (nSPS) is 17.9. The highest BCUT2D eigenvalue weighted by Crippen LogP contribution is 2.32. The first-order chi connectivity index (χ1) is 12.8. The van der Waals surface area contributed by atoms with Crippen molar-refractivity contribution in [3.05, 3.63) is 59.3 Å². The minimum absolute atomic E-state index is 0.166. The van der Waals surface area contributed by atoms with Gasteiger partial charge in [0.1, 0.15) is 5.37 Å². The topological polar surface area (TPSA) is 40.5 Å². The molecule has 1 aromatic rings. The summed E-state index contributed by atoms with van der Waals surface area (Å²) >= 11 is 1.60. The molecule has 148 valence electrons. The summed E-state index contributed by atoms with van der Waals surface area (Å²) in [4.78, 5) is 13.7. The Bertz CT molecular complexity index is 718. The molecule has 6 heteroatoms. The fourth-order valence-corrected chi connectivity index (χ4v) is 4.23. The quantitative estimate of drug-likeness (QED) is 0.621. The van der Waals surface area contributed by atoms with E-state index >= 15 is 0 Å². The van der Waals surface area contributed by atoms with Gasteiger partial charge in [0.15, 0.2) is 11.6 Å². The van der Waals surface area contributed by atoms with Gasteiger partial charge in [-0.25, -0.2) is 13.6 Å². The highest BCUT2D eigenvalue weighted by molar-refractivity contribution is 8.00. The molecule has 0 aromatic heterocycles. The lowest BCUT2D eigenvalue weighted by Gasteiger charge is -2.34. The third kappa shape index (κ3) is 6.38. The van der Waals surface area contributed by atoms with Crippen LogP contribution in [0.25, 0.3) is 0 Å². The van der Waals surface area contributed by atoms with Crippen LogP contribution in [0.15, 0.2) is 42.1 Å². The number of carboxylic acids is 1. The van der Waals surface area contributed by atoms with Crippen molar-refractivity contribution >= 4 is 17.7 Å². The number of hydrogen-bond acceptors (Lipinski definition) is 3. The van der Waals surface area contributed by atoms with Gasteiger partial charge in [0.05, 0.1) is 5.57 Å². The number of carboxylic acid groups (broad SMARTS) is 1. The molecule has 27 heavy (non-hydrogen) atoms. The van der Waals surface area contributed by atoms with Crippen molar-refractivity contribution in [1.82, 2.24) is 4.90 Å². The van der Waals surface area contributed by atoms with E-state index in [9.17, 15) is 18.7 Å². The molecule has 1 aliphatic rings. The van der Waals surface area contributed by atoms with Crippen LogP contribution in [0.1, 0.15) is 39.2 Å². The molecule has 2 unspecified atom stereocenters. The highest BCUT2D eigenvalue weighted by Gasteiger charge is 2.29. The predicted molar refractivity (Wildman–Crippen MR) is 107 cm³/mol. The second kappa shape index (κ2) is 9.93. The van der Waals surface area contributed by atoms with Crippen LogP contribution in [-0.4, -0.2) is 33.1 Å². The number of benzene rings is 1. The Morgan fingerprint density at radius 2 is 1.96 bits per heavy atom. The lowest BCUT2D eigenvalue weighted by Crippen LogP contribution is -2.36. The molecule has 0 radical (unpaired) electrons. The summed E-state index contributed by atoms with van der Waals surface area (Å²) in [7, 11) is 0. The molecule has 2 atom stereocenters. The van der Waals surface area contributed by atoms with Gasteiger partial charge in [-0.05, 0) is 55.0 Å². The maximum absolute atomic E-state index is 13.4. The van der Waals surface area contributed by atoms with E-state index in [1.807, 2.05) is 13.1 Å². The molecule has 1 aromatic carbocycles. The Morgan fingerprint density at radius 3 is 2.59 bits per heavy atom. The first-order valence-corrected chi connectivity index (χ1v) is 10.2. The second-order valence-electron chi connectivity index (χ2n) is 7.28. The van der Waals surface area contributed by atoms with Gasteiger partial charge in [0.25, 0.3) is 0 Å². The molecule has 2 rings (SSSR count). The molecule has 0 amide bonds. The van der Waals surface area contributed by atoms with Crippen LogP contribution < -0.4 is 0 Å². The number of nitrogens with zero attached hydrogens (tertiary/aromatic N) is 1. The van der Waals surface area contributed by atoms with Crippen molar-refractivity contribution in [2.45, 2.75) is 50.7 Å². The maximum atomic E-state index is 13.4. The molecule has 0 saturated heterocycles. The van der Waals surface area contributed by atoms with Crippen LogP contribution in [0.5, 0.6) is 0 Å². The monoisotopic (exact) mass is 395 g/mol. The molecule has 3 nitrogen and oxygen atoms in total. The zero-order valence-corrected chi connectivity index (χ0v) is 16.8. The molecular formula is C21H27F2NO2S. The Morgan fingerprint density at radius 1 is 1.22 bits per heavy atom. The molecule has 0 aliphatic carbocycles. The number of aliphatic carboxylic acids is 1. The average molecular weight is 396 g/mol. The zero-order chi connectivity index (χ0) is 20.0. The summed E-state index contributed by atoms with van der Waals surface area (Å²) in [5, 5.41) is 9.48. The van der Waals surface area contributed by atoms with Gasteiger partial charge in [-0.2, -0.15) is 0 Å². The first-order valence-electron chi connectivity index (χ1n) is 9.24. The van der Waals surface area contributed by atoms with Gasteiger partial charge in [-0.15, -0.1) is 11.8 Å². The average Bonchev–Trinajstić information content (AvgIpc) is 2.61. The van der Waals surface area contributed by atoms with Crippen LogP contribution in [0.3, 0.4) is 0 Å². The van der Waals surface area contributed by atoms with Crippen LogP contribution >= 0.6 is 11.8 Å². The molecule has 1 heterocycles. The number of carbonyl (C=O) groups is 1. The van der Waals surface area contributed by atoms with Gasteiger partial charge >= 0.3 is 5.97 Å². The van der Waals surface area contributed by atoms with Crippen molar-refractivity contribution in [1.29, 1.82) is 0 Å². The SMILES string of the molecule is CC(C)CCN1C=CC=C(C(=O)O)C1SC(C)CCc1ccc(F)c(F)c1. The zero-order valence-electron chi connectivity index (χ0n) is 16.0. The summed E-state index contributed by atoms with van der Waals surface area (Å²) in [5.74, 6) is -2.04. The van der Waals surface area contributed by atoms with Crippen LogP contribution in [0.4, 0.5) is 8.78 Å². The van der Waals surface area contributed by atoms with Crippen LogP contribution in [-0.2, 0) is 11.2 Å². The maximum Gasteiger partial charge on any atom is 0.334 e. The van der Waals surface area contributed by atoms with E-state index in [-0.39, 0.29) is 10.6 Å². The summed E-state index contributed by atoms with van der Waals surface area (Å²) in [6.45, 7) is 7.14. The van der Waals surface area contributed by atoms with E-state index in [0.717, 1.165) is 31.0 Å². The first kappa shape index (κ1) is 21.5. The minimum Gasteiger partial charge on any atom is -0.478 e. The fraction of sp³-hybridized carbons (Fsp3) is 0.476. The van der Waals surface area contributed by atoms with Gasteiger partial charge < -0.3 is 10.0 Å². The Labute approximate surface area is 164 Å². The van der Waals surface area contributed by atoms with E-state index < -0.39 is 17.6 Å². The van der Waals surface area contributed by atoms with E-state index in [4.69, 9.17) is 0 Å². The molecule has 1 N–H and O–H groups in total. The Hall–Kier alpha value is -1.82. The number of rotatable bonds is 9. The number of thioether (sulfide) groups is 1. The third-order valence-electron chi connectivity index (χ3n) is 4.52. The Kier molecular flexibility index (Phi) is 7.90. The molecule has 0 fully saturated rings. The summed E-state index contributed by atoms with van der Waals surface area (Å²) in [6, 6.07) is 3.97. The lowest BCUT2D eigenvalue weighted by molar-refractivity contribution is -0.133. The standard InChI is InChI=1S/C21H27F2NO2S/c1-14(2)10-12-24-11-4-5-17(21(25)26)20(24)27-15(3)6-7-16-8-9-18(22)19(23)13-16/h4-5,8-9,11,13-15,20H,6-7,10,12H2,1-3H3,(H,25,26). The molecule has 1 aliphatic heterocycles. The predicted octanol–water partition coefficient (Wildman–Crippen LogP) is 5.23. The van der Waals surface area contributed by atoms with E-state index in [1.54, 1.807) is 30.0 Å². The number of halogens is 2. The van der Waals surface area contributed by atoms with E-state index in [1.165, 1.54) is 6.07 Å². The lowest BCUT2D eigenvalue weighted by atomic mass is 10.1. The van der Waals surface area contributed by atoms with Crippen molar-refractivity contribution in [2.75, 3.05) is 6.54 Å². The summed E-state index contributed by atoms with van der Waals surface area (Å²) in [6.07, 6.45) is 7.75. The van der Waals surface area contributed by atoms with Crippen molar-refractivity contribution < 1.29 is 18.7 Å². The molecular weight excluding hydrogens is 368 g/mol. The van der Waals surface area contributed by atoms with Gasteiger partial charge in [-0.1, -0.05) is 26.8 Å². The molecule has 0 bridgehead atoms. The summed E-state index contributed by atoms with van der Waals surface area (Å²) < 4.78 is 26.4.